The topological polar surface area (TPSA) is 107 Å². The second-order valence-corrected chi connectivity index (χ2v) is 7.92. The van der Waals surface area contributed by atoms with Crippen molar-refractivity contribution in [2.75, 3.05) is 0 Å². The zero-order valence-corrected chi connectivity index (χ0v) is 15.7. The molecule has 1 amide bonds. The Balaban J connectivity index is 1.58. The molecule has 0 unspecified atom stereocenters. The predicted molar refractivity (Wildman–Crippen MR) is 102 cm³/mol. The van der Waals surface area contributed by atoms with E-state index in [-0.39, 0.29) is 17.3 Å². The number of nitrogens with two attached hydrogens (primary N) is 1. The summed E-state index contributed by atoms with van der Waals surface area (Å²) < 4.78 is 24.2. The minimum Gasteiger partial charge on any atom is -0.348 e. The van der Waals surface area contributed by atoms with Gasteiger partial charge in [-0.05, 0) is 35.4 Å². The molecule has 140 valence electrons. The largest absolute Gasteiger partial charge is 0.348 e. The molecule has 0 spiro atoms. The van der Waals surface area contributed by atoms with Crippen molar-refractivity contribution in [2.24, 2.45) is 5.14 Å². The van der Waals surface area contributed by atoms with Crippen LogP contribution in [-0.4, -0.2) is 24.1 Å². The number of aromatic nitrogens is 2. The van der Waals surface area contributed by atoms with E-state index in [0.717, 1.165) is 11.1 Å². The summed E-state index contributed by atoms with van der Waals surface area (Å²) in [6.45, 7) is 0.836. The van der Waals surface area contributed by atoms with Crippen LogP contribution < -0.4 is 10.5 Å². The minimum atomic E-state index is -3.72. The maximum absolute atomic E-state index is 12.3. The van der Waals surface area contributed by atoms with Crippen LogP contribution in [0.2, 0.25) is 5.02 Å². The summed E-state index contributed by atoms with van der Waals surface area (Å²) in [5, 5.41) is 12.5. The number of carbonyl (C=O) groups excluding carboxylic acids is 1. The third-order valence-corrected chi connectivity index (χ3v) is 4.99. The molecule has 3 rings (SSSR count). The number of rotatable bonds is 6. The van der Waals surface area contributed by atoms with E-state index in [1.807, 2.05) is 12.1 Å². The van der Waals surface area contributed by atoms with Gasteiger partial charge in [-0.15, -0.1) is 0 Å². The molecule has 0 radical (unpaired) electrons. The van der Waals surface area contributed by atoms with E-state index in [1.54, 1.807) is 41.3 Å². The summed E-state index contributed by atoms with van der Waals surface area (Å²) in [7, 11) is -3.72. The molecule has 2 aromatic carbocycles. The third kappa shape index (κ3) is 5.16. The Kier molecular flexibility index (Phi) is 5.59. The zero-order chi connectivity index (χ0) is 19.4. The Labute approximate surface area is 161 Å². The fourth-order valence-electron chi connectivity index (χ4n) is 2.45. The summed E-state index contributed by atoms with van der Waals surface area (Å²) in [4.78, 5) is 12.3. The molecule has 0 aliphatic heterocycles. The van der Waals surface area contributed by atoms with Gasteiger partial charge in [-0.3, -0.25) is 9.48 Å². The number of amides is 1. The summed E-state index contributed by atoms with van der Waals surface area (Å²) in [6.07, 6.45) is 3.29. The number of sulfonamides is 1. The molecule has 27 heavy (non-hydrogen) atoms. The molecule has 0 aliphatic rings. The van der Waals surface area contributed by atoms with Gasteiger partial charge < -0.3 is 5.32 Å². The first-order valence-electron chi connectivity index (χ1n) is 7.98. The third-order valence-electron chi connectivity index (χ3n) is 3.87. The van der Waals surface area contributed by atoms with E-state index in [2.05, 4.69) is 10.4 Å². The standard InChI is InChI=1S/C18H17ClN4O3S/c19-16-10-22-23(12-16)11-14-1-5-15(6-2-14)18(24)21-9-13-3-7-17(8-4-13)27(20,25)26/h1-8,10,12H,9,11H2,(H,21,24)(H2,20,25,26). The lowest BCUT2D eigenvalue weighted by molar-refractivity contribution is 0.0951. The molecule has 0 fully saturated rings. The number of nitrogens with one attached hydrogen (secondary N) is 1. The van der Waals surface area contributed by atoms with Gasteiger partial charge in [0.05, 0.1) is 22.7 Å². The number of primary sulfonamides is 1. The zero-order valence-electron chi connectivity index (χ0n) is 14.2. The van der Waals surface area contributed by atoms with Crippen LogP contribution >= 0.6 is 11.6 Å². The van der Waals surface area contributed by atoms with Gasteiger partial charge in [0.2, 0.25) is 10.0 Å². The second-order valence-electron chi connectivity index (χ2n) is 5.92. The molecule has 0 saturated carbocycles. The molecule has 3 N–H and O–H groups in total. The molecule has 0 saturated heterocycles. The maximum Gasteiger partial charge on any atom is 0.251 e. The highest BCUT2D eigenvalue weighted by Gasteiger charge is 2.08. The fraction of sp³-hybridized carbons (Fsp3) is 0.111. The van der Waals surface area contributed by atoms with E-state index in [4.69, 9.17) is 16.7 Å². The molecule has 9 heteroatoms. The summed E-state index contributed by atoms with van der Waals surface area (Å²) in [5.74, 6) is -0.223. The Morgan fingerprint density at radius 3 is 2.26 bits per heavy atom. The minimum absolute atomic E-state index is 0.0339. The van der Waals surface area contributed by atoms with Gasteiger partial charge in [-0.25, -0.2) is 13.6 Å². The van der Waals surface area contributed by atoms with Crippen LogP contribution in [0.25, 0.3) is 0 Å². The summed E-state index contributed by atoms with van der Waals surface area (Å²) >= 11 is 5.84. The van der Waals surface area contributed by atoms with E-state index in [1.165, 1.54) is 12.1 Å². The number of hydrogen-bond acceptors (Lipinski definition) is 4. The first-order valence-corrected chi connectivity index (χ1v) is 9.90. The molecule has 1 aromatic heterocycles. The van der Waals surface area contributed by atoms with E-state index < -0.39 is 10.0 Å². The molecule has 0 bridgehead atoms. The summed E-state index contributed by atoms with van der Waals surface area (Å²) in [5.41, 5.74) is 2.28. The Hall–Kier alpha value is -2.68. The van der Waals surface area contributed by atoms with Crippen molar-refractivity contribution in [3.63, 3.8) is 0 Å². The van der Waals surface area contributed by atoms with Crippen molar-refractivity contribution in [1.29, 1.82) is 0 Å². The van der Waals surface area contributed by atoms with E-state index in [0.29, 0.717) is 17.1 Å². The molecule has 7 nitrogen and oxygen atoms in total. The molecular weight excluding hydrogens is 388 g/mol. The number of halogens is 1. The van der Waals surface area contributed by atoms with Gasteiger partial charge in [0, 0.05) is 18.3 Å². The van der Waals surface area contributed by atoms with Crippen molar-refractivity contribution in [1.82, 2.24) is 15.1 Å². The summed E-state index contributed by atoms with van der Waals surface area (Å²) in [6, 6.07) is 13.2. The van der Waals surface area contributed by atoms with Crippen LogP contribution in [0, 0.1) is 0 Å². The van der Waals surface area contributed by atoms with Crippen LogP contribution in [0.4, 0.5) is 0 Å². The van der Waals surface area contributed by atoms with Crippen LogP contribution in [0.5, 0.6) is 0 Å². The lowest BCUT2D eigenvalue weighted by Crippen LogP contribution is -2.22. The van der Waals surface area contributed by atoms with Crippen molar-refractivity contribution < 1.29 is 13.2 Å². The average Bonchev–Trinajstić information content (AvgIpc) is 3.04. The smallest absolute Gasteiger partial charge is 0.251 e. The highest BCUT2D eigenvalue weighted by Crippen LogP contribution is 2.11. The molecule has 0 atom stereocenters. The number of benzene rings is 2. The van der Waals surface area contributed by atoms with Crippen LogP contribution in [0.1, 0.15) is 21.5 Å². The Bertz CT molecular complexity index is 1040. The van der Waals surface area contributed by atoms with Crippen molar-refractivity contribution in [2.45, 2.75) is 18.0 Å². The van der Waals surface area contributed by atoms with Crippen LogP contribution in [-0.2, 0) is 23.1 Å². The quantitative estimate of drug-likeness (QED) is 0.656. The van der Waals surface area contributed by atoms with Crippen molar-refractivity contribution >= 4 is 27.5 Å². The Morgan fingerprint density at radius 2 is 1.70 bits per heavy atom. The molecule has 1 heterocycles. The first-order chi connectivity index (χ1) is 12.8. The normalized spacial score (nSPS) is 11.3. The highest BCUT2D eigenvalue weighted by molar-refractivity contribution is 7.89. The van der Waals surface area contributed by atoms with Gasteiger partial charge >= 0.3 is 0 Å². The molecule has 3 aromatic rings. The lowest BCUT2D eigenvalue weighted by Gasteiger charge is -2.07. The van der Waals surface area contributed by atoms with Gasteiger partial charge in [-0.1, -0.05) is 35.9 Å². The monoisotopic (exact) mass is 404 g/mol. The highest BCUT2D eigenvalue weighted by atomic mass is 35.5. The van der Waals surface area contributed by atoms with Gasteiger partial charge in [0.25, 0.3) is 5.91 Å². The number of hydrogen-bond donors (Lipinski definition) is 2. The van der Waals surface area contributed by atoms with Crippen LogP contribution in [0.15, 0.2) is 65.8 Å². The predicted octanol–water partition coefficient (Wildman–Crippen LogP) is 2.16. The number of carbonyl (C=O) groups is 1. The van der Waals surface area contributed by atoms with E-state index in [9.17, 15) is 13.2 Å². The van der Waals surface area contributed by atoms with Crippen molar-refractivity contribution in [3.05, 3.63) is 82.6 Å². The SMILES string of the molecule is NS(=O)(=O)c1ccc(CNC(=O)c2ccc(Cn3cc(Cl)cn3)cc2)cc1. The molecule has 0 aliphatic carbocycles. The van der Waals surface area contributed by atoms with Crippen LogP contribution in [0.3, 0.4) is 0 Å². The van der Waals surface area contributed by atoms with Gasteiger partial charge in [0.15, 0.2) is 0 Å². The maximum atomic E-state index is 12.3. The van der Waals surface area contributed by atoms with Crippen molar-refractivity contribution in [3.8, 4) is 0 Å². The number of nitrogens with zero attached hydrogens (tertiary/aromatic N) is 2. The lowest BCUT2D eigenvalue weighted by atomic mass is 10.1. The fourth-order valence-corrected chi connectivity index (χ4v) is 3.13. The Morgan fingerprint density at radius 1 is 1.07 bits per heavy atom. The van der Waals surface area contributed by atoms with Gasteiger partial charge in [0.1, 0.15) is 0 Å². The second kappa shape index (κ2) is 7.91. The van der Waals surface area contributed by atoms with Gasteiger partial charge in [-0.2, -0.15) is 5.10 Å². The van der Waals surface area contributed by atoms with E-state index >= 15 is 0 Å². The molecular formula is C18H17ClN4O3S. The average molecular weight is 405 g/mol. The first kappa shape index (κ1) is 19.1.